The molecule has 1 aliphatic heterocycles. The van der Waals surface area contributed by atoms with Crippen LogP contribution in [0, 0.1) is 0 Å². The highest BCUT2D eigenvalue weighted by atomic mass is 79.9. The number of likely N-dealkylation sites (tertiary alicyclic amines) is 1. The van der Waals surface area contributed by atoms with Gasteiger partial charge in [0.15, 0.2) is 0 Å². The van der Waals surface area contributed by atoms with Gasteiger partial charge in [-0.3, -0.25) is 4.90 Å². The highest BCUT2D eigenvalue weighted by Crippen LogP contribution is 2.15. The summed E-state index contributed by atoms with van der Waals surface area (Å²) in [4.78, 5) is 2.44. The molecular formula is C12H18BrClN2. The van der Waals surface area contributed by atoms with Crippen LogP contribution in [0.3, 0.4) is 0 Å². The summed E-state index contributed by atoms with van der Waals surface area (Å²) in [6, 6.07) is 8.90. The molecule has 1 aromatic rings. The summed E-state index contributed by atoms with van der Waals surface area (Å²) in [5, 5.41) is 0. The van der Waals surface area contributed by atoms with Gasteiger partial charge in [0, 0.05) is 23.6 Å². The molecule has 0 spiro atoms. The minimum Gasteiger partial charge on any atom is -0.327 e. The Morgan fingerprint density at radius 2 is 2.00 bits per heavy atom. The van der Waals surface area contributed by atoms with Crippen molar-refractivity contribution in [2.75, 3.05) is 13.1 Å². The van der Waals surface area contributed by atoms with Gasteiger partial charge in [-0.15, -0.1) is 12.4 Å². The number of benzene rings is 1. The van der Waals surface area contributed by atoms with E-state index >= 15 is 0 Å². The van der Waals surface area contributed by atoms with Gasteiger partial charge >= 0.3 is 0 Å². The summed E-state index contributed by atoms with van der Waals surface area (Å²) in [5.41, 5.74) is 7.32. The van der Waals surface area contributed by atoms with Crippen molar-refractivity contribution < 1.29 is 0 Å². The Morgan fingerprint density at radius 3 is 2.62 bits per heavy atom. The maximum absolute atomic E-state index is 5.95. The first kappa shape index (κ1) is 14.0. The van der Waals surface area contributed by atoms with Crippen LogP contribution in [-0.4, -0.2) is 24.0 Å². The first-order valence-corrected chi connectivity index (χ1v) is 6.26. The molecule has 1 aromatic carbocycles. The molecule has 0 aliphatic carbocycles. The molecule has 1 aliphatic rings. The normalized spacial score (nSPS) is 21.5. The van der Waals surface area contributed by atoms with Gasteiger partial charge in [0.25, 0.3) is 0 Å². The van der Waals surface area contributed by atoms with Crippen LogP contribution in [0.4, 0.5) is 0 Å². The van der Waals surface area contributed by atoms with Crippen LogP contribution in [0.5, 0.6) is 0 Å². The average Bonchev–Trinajstić information content (AvgIpc) is 2.22. The molecule has 2 nitrogen and oxygen atoms in total. The molecule has 0 saturated carbocycles. The number of piperidine rings is 1. The number of hydrogen-bond acceptors (Lipinski definition) is 2. The predicted molar refractivity (Wildman–Crippen MR) is 73.9 cm³/mol. The minimum atomic E-state index is 0. The largest absolute Gasteiger partial charge is 0.327 e. The van der Waals surface area contributed by atoms with E-state index in [9.17, 15) is 0 Å². The summed E-state index contributed by atoms with van der Waals surface area (Å²) < 4.78 is 1.14. The smallest absolute Gasteiger partial charge is 0.0234 e. The Balaban J connectivity index is 0.00000128. The number of hydrogen-bond donors (Lipinski definition) is 1. The second kappa shape index (κ2) is 6.60. The topological polar surface area (TPSA) is 29.3 Å². The highest BCUT2D eigenvalue weighted by Gasteiger charge is 2.16. The Kier molecular flexibility index (Phi) is 5.76. The SMILES string of the molecule is Cl.N[C@@H]1CCCN(Cc2ccc(Br)cc2)C1. The van der Waals surface area contributed by atoms with Crippen molar-refractivity contribution in [3.8, 4) is 0 Å². The van der Waals surface area contributed by atoms with E-state index in [1.54, 1.807) is 0 Å². The summed E-state index contributed by atoms with van der Waals surface area (Å²) in [6.07, 6.45) is 2.41. The molecule has 1 fully saturated rings. The van der Waals surface area contributed by atoms with Crippen LogP contribution in [0.15, 0.2) is 28.7 Å². The molecule has 1 saturated heterocycles. The third kappa shape index (κ3) is 4.06. The zero-order valence-corrected chi connectivity index (χ0v) is 11.6. The predicted octanol–water partition coefficient (Wildman–Crippen LogP) is 2.79. The lowest BCUT2D eigenvalue weighted by atomic mass is 10.1. The second-order valence-electron chi connectivity index (χ2n) is 4.26. The third-order valence-electron chi connectivity index (χ3n) is 2.86. The molecule has 0 aromatic heterocycles. The monoisotopic (exact) mass is 304 g/mol. The van der Waals surface area contributed by atoms with E-state index in [1.807, 2.05) is 0 Å². The second-order valence-corrected chi connectivity index (χ2v) is 5.18. The van der Waals surface area contributed by atoms with Gasteiger partial charge in [-0.1, -0.05) is 28.1 Å². The van der Waals surface area contributed by atoms with Crippen molar-refractivity contribution in [1.82, 2.24) is 4.90 Å². The van der Waals surface area contributed by atoms with Crippen LogP contribution in [0.1, 0.15) is 18.4 Å². The molecule has 0 amide bonds. The van der Waals surface area contributed by atoms with Crippen molar-refractivity contribution >= 4 is 28.3 Å². The maximum Gasteiger partial charge on any atom is 0.0234 e. The lowest BCUT2D eigenvalue weighted by molar-refractivity contribution is 0.201. The third-order valence-corrected chi connectivity index (χ3v) is 3.39. The molecule has 0 bridgehead atoms. The van der Waals surface area contributed by atoms with E-state index < -0.39 is 0 Å². The number of nitrogens with zero attached hydrogens (tertiary/aromatic N) is 1. The Morgan fingerprint density at radius 1 is 1.31 bits per heavy atom. The molecule has 0 unspecified atom stereocenters. The van der Waals surface area contributed by atoms with E-state index in [1.165, 1.54) is 24.9 Å². The van der Waals surface area contributed by atoms with Crippen molar-refractivity contribution in [2.45, 2.75) is 25.4 Å². The molecule has 16 heavy (non-hydrogen) atoms. The van der Waals surface area contributed by atoms with Crippen LogP contribution in [0.2, 0.25) is 0 Å². The fraction of sp³-hybridized carbons (Fsp3) is 0.500. The van der Waals surface area contributed by atoms with Gasteiger partial charge in [0.05, 0.1) is 0 Å². The average molecular weight is 306 g/mol. The van der Waals surface area contributed by atoms with E-state index in [-0.39, 0.29) is 12.4 Å². The minimum absolute atomic E-state index is 0. The molecule has 0 radical (unpaired) electrons. The van der Waals surface area contributed by atoms with E-state index in [0.717, 1.165) is 17.6 Å². The van der Waals surface area contributed by atoms with Crippen molar-refractivity contribution in [3.05, 3.63) is 34.3 Å². The number of rotatable bonds is 2. The van der Waals surface area contributed by atoms with Gasteiger partial charge < -0.3 is 5.73 Å². The molecule has 2 rings (SSSR count). The van der Waals surface area contributed by atoms with Gasteiger partial charge in [-0.05, 0) is 37.1 Å². The van der Waals surface area contributed by atoms with E-state index in [2.05, 4.69) is 45.1 Å². The summed E-state index contributed by atoms with van der Waals surface area (Å²) >= 11 is 3.45. The van der Waals surface area contributed by atoms with Crippen molar-refractivity contribution in [2.24, 2.45) is 5.73 Å². The molecular weight excluding hydrogens is 288 g/mol. The number of nitrogens with two attached hydrogens (primary N) is 1. The van der Waals surface area contributed by atoms with Gasteiger partial charge in [-0.25, -0.2) is 0 Å². The summed E-state index contributed by atoms with van der Waals surface area (Å²) in [7, 11) is 0. The molecule has 90 valence electrons. The van der Waals surface area contributed by atoms with E-state index in [4.69, 9.17) is 5.73 Å². The molecule has 1 heterocycles. The van der Waals surface area contributed by atoms with E-state index in [0.29, 0.717) is 6.04 Å². The summed E-state index contributed by atoms with van der Waals surface area (Å²) in [6.45, 7) is 3.25. The first-order chi connectivity index (χ1) is 7.24. The lowest BCUT2D eigenvalue weighted by Crippen LogP contribution is -2.42. The Labute approximate surface area is 112 Å². The van der Waals surface area contributed by atoms with Crippen molar-refractivity contribution in [1.29, 1.82) is 0 Å². The summed E-state index contributed by atoms with van der Waals surface area (Å²) in [5.74, 6) is 0. The fourth-order valence-electron chi connectivity index (χ4n) is 2.08. The lowest BCUT2D eigenvalue weighted by Gasteiger charge is -2.30. The highest BCUT2D eigenvalue weighted by molar-refractivity contribution is 9.10. The molecule has 2 N–H and O–H groups in total. The van der Waals surface area contributed by atoms with Crippen LogP contribution in [-0.2, 0) is 6.54 Å². The first-order valence-electron chi connectivity index (χ1n) is 5.46. The van der Waals surface area contributed by atoms with Gasteiger partial charge in [0.2, 0.25) is 0 Å². The Hall–Kier alpha value is -0.0900. The van der Waals surface area contributed by atoms with Gasteiger partial charge in [0.1, 0.15) is 0 Å². The Bertz CT molecular complexity index is 315. The standard InChI is InChI=1S/C12H17BrN2.ClH/c13-11-5-3-10(4-6-11)8-15-7-1-2-12(14)9-15;/h3-6,12H,1-2,7-9,14H2;1H/t12-;/m1./s1. The van der Waals surface area contributed by atoms with Crippen LogP contribution in [0.25, 0.3) is 0 Å². The number of halogens is 2. The molecule has 4 heteroatoms. The zero-order valence-electron chi connectivity index (χ0n) is 9.23. The zero-order chi connectivity index (χ0) is 10.7. The fourth-order valence-corrected chi connectivity index (χ4v) is 2.35. The van der Waals surface area contributed by atoms with Crippen LogP contribution >= 0.6 is 28.3 Å². The molecule has 1 atom stereocenters. The van der Waals surface area contributed by atoms with Crippen LogP contribution < -0.4 is 5.73 Å². The maximum atomic E-state index is 5.95. The van der Waals surface area contributed by atoms with Gasteiger partial charge in [-0.2, -0.15) is 0 Å². The quantitative estimate of drug-likeness (QED) is 0.910. The van der Waals surface area contributed by atoms with Crippen molar-refractivity contribution in [3.63, 3.8) is 0 Å².